The van der Waals surface area contributed by atoms with Gasteiger partial charge in [-0.2, -0.15) is 13.2 Å². The highest BCUT2D eigenvalue weighted by Crippen LogP contribution is 2.34. The molecule has 1 heterocycles. The van der Waals surface area contributed by atoms with E-state index in [2.05, 4.69) is 10.3 Å². The zero-order valence-electron chi connectivity index (χ0n) is 13.9. The van der Waals surface area contributed by atoms with Crippen LogP contribution < -0.4 is 5.32 Å². The number of aromatic nitrogens is 1. The van der Waals surface area contributed by atoms with Crippen molar-refractivity contribution in [3.05, 3.63) is 70.9 Å². The van der Waals surface area contributed by atoms with Gasteiger partial charge in [-0.1, -0.05) is 30.3 Å². The first kappa shape index (κ1) is 18.0. The number of aliphatic hydroxyl groups excluding tert-OH is 1. The summed E-state index contributed by atoms with van der Waals surface area (Å²) in [5, 5.41) is 13.4. The average Bonchev–Trinajstić information content (AvgIpc) is 3.01. The van der Waals surface area contributed by atoms with Gasteiger partial charge in [0, 0.05) is 17.4 Å². The molecule has 1 atom stereocenters. The number of benzene rings is 2. The second kappa shape index (κ2) is 6.84. The van der Waals surface area contributed by atoms with Crippen LogP contribution in [0.3, 0.4) is 0 Å². The Kier molecular flexibility index (Phi) is 4.73. The quantitative estimate of drug-likeness (QED) is 0.658. The van der Waals surface area contributed by atoms with Crippen molar-refractivity contribution in [2.45, 2.75) is 19.2 Å². The van der Waals surface area contributed by atoms with E-state index in [4.69, 9.17) is 0 Å². The van der Waals surface area contributed by atoms with Crippen LogP contribution in [0.15, 0.2) is 48.5 Å². The lowest BCUT2D eigenvalue weighted by molar-refractivity contribution is -0.139. The maximum absolute atomic E-state index is 13.0. The molecule has 3 rings (SSSR count). The maximum Gasteiger partial charge on any atom is 0.416 e. The van der Waals surface area contributed by atoms with Crippen LogP contribution in [-0.4, -0.2) is 22.5 Å². The summed E-state index contributed by atoms with van der Waals surface area (Å²) in [7, 11) is 0. The van der Waals surface area contributed by atoms with Gasteiger partial charge in [0.05, 0.1) is 11.7 Å². The fraction of sp³-hybridized carbons (Fsp3) is 0.211. The van der Waals surface area contributed by atoms with Gasteiger partial charge in [0.25, 0.3) is 5.91 Å². The second-order valence-corrected chi connectivity index (χ2v) is 6.08. The smallest absolute Gasteiger partial charge is 0.387 e. The van der Waals surface area contributed by atoms with Gasteiger partial charge in [-0.3, -0.25) is 4.79 Å². The number of amides is 1. The normalized spacial score (nSPS) is 13.0. The van der Waals surface area contributed by atoms with Crippen LogP contribution in [0.1, 0.15) is 33.3 Å². The maximum atomic E-state index is 13.0. The minimum absolute atomic E-state index is 0.271. The van der Waals surface area contributed by atoms with Crippen LogP contribution in [0.2, 0.25) is 0 Å². The topological polar surface area (TPSA) is 65.1 Å². The van der Waals surface area contributed by atoms with Gasteiger partial charge in [-0.15, -0.1) is 0 Å². The Balaban J connectivity index is 1.73. The highest BCUT2D eigenvalue weighted by atomic mass is 19.4. The third-order valence-electron chi connectivity index (χ3n) is 4.10. The van der Waals surface area contributed by atoms with Crippen LogP contribution in [0, 0.1) is 6.92 Å². The van der Waals surface area contributed by atoms with Gasteiger partial charge in [-0.05, 0) is 36.2 Å². The largest absolute Gasteiger partial charge is 0.416 e. The molecule has 1 unspecified atom stereocenters. The van der Waals surface area contributed by atoms with E-state index in [-0.39, 0.29) is 17.8 Å². The minimum Gasteiger partial charge on any atom is -0.387 e. The molecule has 7 heteroatoms. The molecule has 1 aromatic heterocycles. The van der Waals surface area contributed by atoms with Crippen molar-refractivity contribution in [1.82, 2.24) is 10.3 Å². The molecule has 3 aromatic rings. The molecule has 0 saturated carbocycles. The molecule has 0 aliphatic carbocycles. The first-order valence-corrected chi connectivity index (χ1v) is 7.97. The first-order chi connectivity index (χ1) is 12.3. The lowest BCUT2D eigenvalue weighted by atomic mass is 10.0. The number of aliphatic hydroxyl groups is 1. The third-order valence-corrected chi connectivity index (χ3v) is 4.10. The Morgan fingerprint density at radius 2 is 1.92 bits per heavy atom. The number of nitrogens with one attached hydrogen (secondary N) is 2. The number of alkyl halides is 3. The summed E-state index contributed by atoms with van der Waals surface area (Å²) in [6, 6.07) is 12.1. The summed E-state index contributed by atoms with van der Waals surface area (Å²) in [4.78, 5) is 15.2. The number of carbonyl (C=O) groups excluding carboxylic acids is 1. The summed E-state index contributed by atoms with van der Waals surface area (Å²) in [5.41, 5.74) is 0.918. The van der Waals surface area contributed by atoms with E-state index < -0.39 is 23.8 Å². The fourth-order valence-electron chi connectivity index (χ4n) is 2.80. The molecule has 2 aromatic carbocycles. The fourth-order valence-corrected chi connectivity index (χ4v) is 2.80. The lowest BCUT2D eigenvalue weighted by Gasteiger charge is -2.17. The number of hydrogen-bond donors (Lipinski definition) is 3. The van der Waals surface area contributed by atoms with E-state index >= 15 is 0 Å². The molecule has 0 aliphatic rings. The lowest BCUT2D eigenvalue weighted by Crippen LogP contribution is -2.29. The second-order valence-electron chi connectivity index (χ2n) is 6.08. The highest BCUT2D eigenvalue weighted by molar-refractivity contribution is 5.98. The number of carbonyl (C=O) groups is 1. The van der Waals surface area contributed by atoms with E-state index in [1.54, 1.807) is 6.07 Å². The monoisotopic (exact) mass is 362 g/mol. The molecule has 26 heavy (non-hydrogen) atoms. The molecule has 136 valence electrons. The Labute approximate surface area is 147 Å². The van der Waals surface area contributed by atoms with Crippen LogP contribution in [0.25, 0.3) is 10.9 Å². The van der Waals surface area contributed by atoms with Crippen molar-refractivity contribution in [3.8, 4) is 0 Å². The van der Waals surface area contributed by atoms with Gasteiger partial charge in [0.1, 0.15) is 5.69 Å². The van der Waals surface area contributed by atoms with Gasteiger partial charge in [-0.25, -0.2) is 0 Å². The van der Waals surface area contributed by atoms with E-state index in [1.165, 1.54) is 18.2 Å². The molecule has 3 N–H and O–H groups in total. The molecule has 0 spiro atoms. The third kappa shape index (κ3) is 3.72. The van der Waals surface area contributed by atoms with Gasteiger partial charge in [0.15, 0.2) is 0 Å². The summed E-state index contributed by atoms with van der Waals surface area (Å²) < 4.78 is 39.1. The summed E-state index contributed by atoms with van der Waals surface area (Å²) in [6.45, 7) is 1.59. The molecular formula is C19H17F3N2O2. The summed E-state index contributed by atoms with van der Waals surface area (Å²) in [6.07, 6.45) is -6.04. The predicted molar refractivity (Wildman–Crippen MR) is 91.8 cm³/mol. The van der Waals surface area contributed by atoms with Crippen LogP contribution in [0.4, 0.5) is 13.2 Å². The summed E-state index contributed by atoms with van der Waals surface area (Å²) >= 11 is 0. The number of H-pyrrole nitrogens is 1. The van der Waals surface area contributed by atoms with Gasteiger partial charge < -0.3 is 15.4 Å². The molecular weight excluding hydrogens is 345 g/mol. The number of aryl methyl sites for hydroxylation is 1. The van der Waals surface area contributed by atoms with Crippen LogP contribution in [0.5, 0.6) is 0 Å². The predicted octanol–water partition coefficient (Wildman–Crippen LogP) is 3.96. The number of hydrogen-bond acceptors (Lipinski definition) is 2. The SMILES string of the molecule is Cc1ccc2cc(C(=O)NCC(O)c3ccccc3C(F)(F)F)[nH]c2c1. The van der Waals surface area contributed by atoms with E-state index in [1.807, 2.05) is 25.1 Å². The Bertz CT molecular complexity index is 947. The van der Waals surface area contributed by atoms with E-state index in [0.29, 0.717) is 0 Å². The van der Waals surface area contributed by atoms with Crippen LogP contribution >= 0.6 is 0 Å². The zero-order chi connectivity index (χ0) is 18.9. The molecule has 4 nitrogen and oxygen atoms in total. The number of rotatable bonds is 4. The highest BCUT2D eigenvalue weighted by Gasteiger charge is 2.34. The molecule has 0 saturated heterocycles. The number of halogens is 3. The zero-order valence-corrected chi connectivity index (χ0v) is 13.9. The van der Waals surface area contributed by atoms with Gasteiger partial charge in [0.2, 0.25) is 0 Å². The molecule has 0 bridgehead atoms. The molecule has 1 amide bonds. The van der Waals surface area contributed by atoms with Crippen LogP contribution in [-0.2, 0) is 6.18 Å². The summed E-state index contributed by atoms with van der Waals surface area (Å²) in [5.74, 6) is -0.498. The Hall–Kier alpha value is -2.80. The Morgan fingerprint density at radius 1 is 1.19 bits per heavy atom. The number of aromatic amines is 1. The van der Waals surface area contributed by atoms with Crippen molar-refractivity contribution in [3.63, 3.8) is 0 Å². The van der Waals surface area contributed by atoms with Gasteiger partial charge >= 0.3 is 6.18 Å². The van der Waals surface area contributed by atoms with Crippen molar-refractivity contribution in [2.75, 3.05) is 6.54 Å². The molecule has 0 radical (unpaired) electrons. The van der Waals surface area contributed by atoms with Crippen molar-refractivity contribution >= 4 is 16.8 Å². The molecule has 0 aliphatic heterocycles. The van der Waals surface area contributed by atoms with E-state index in [0.717, 1.165) is 22.5 Å². The standard InChI is InChI=1S/C19H17F3N2O2/c1-11-6-7-12-9-16(24-15(12)8-11)18(26)23-10-17(25)13-4-2-3-5-14(13)19(20,21)22/h2-9,17,24-25H,10H2,1H3,(H,23,26). The number of fused-ring (bicyclic) bond motifs is 1. The average molecular weight is 362 g/mol. The van der Waals surface area contributed by atoms with Crippen molar-refractivity contribution in [1.29, 1.82) is 0 Å². The minimum atomic E-state index is -4.57. The van der Waals surface area contributed by atoms with Crippen molar-refractivity contribution < 1.29 is 23.1 Å². The van der Waals surface area contributed by atoms with Crippen molar-refractivity contribution in [2.24, 2.45) is 0 Å². The van der Waals surface area contributed by atoms with E-state index in [9.17, 15) is 23.1 Å². The first-order valence-electron chi connectivity index (χ1n) is 7.97. The molecule has 0 fully saturated rings. The Morgan fingerprint density at radius 3 is 2.65 bits per heavy atom.